The minimum absolute atomic E-state index is 0.245. The number of hydrogen-bond donors (Lipinski definition) is 1. The van der Waals surface area contributed by atoms with Crippen molar-refractivity contribution in [1.82, 2.24) is 0 Å². The molecule has 1 saturated carbocycles. The second-order valence-corrected chi connectivity index (χ2v) is 5.56. The van der Waals surface area contributed by atoms with Gasteiger partial charge in [0.15, 0.2) is 0 Å². The molecule has 0 aromatic heterocycles. The molecule has 2 rings (SSSR count). The minimum Gasteiger partial charge on any atom is -0.389 e. The SMILES string of the molecule is COC1CC(O)(Cc2ccc(C(C)C)cc2)C1. The topological polar surface area (TPSA) is 29.5 Å². The van der Waals surface area contributed by atoms with Crippen molar-refractivity contribution in [1.29, 1.82) is 0 Å². The summed E-state index contributed by atoms with van der Waals surface area (Å²) in [5.74, 6) is 0.564. The van der Waals surface area contributed by atoms with Gasteiger partial charge in [-0.05, 0) is 17.0 Å². The van der Waals surface area contributed by atoms with Crippen molar-refractivity contribution >= 4 is 0 Å². The van der Waals surface area contributed by atoms with E-state index in [2.05, 4.69) is 38.1 Å². The minimum atomic E-state index is -0.542. The Morgan fingerprint density at radius 1 is 1.29 bits per heavy atom. The van der Waals surface area contributed by atoms with Crippen molar-refractivity contribution in [3.05, 3.63) is 35.4 Å². The molecule has 1 aromatic carbocycles. The fourth-order valence-electron chi connectivity index (χ4n) is 2.50. The van der Waals surface area contributed by atoms with Crippen molar-refractivity contribution < 1.29 is 9.84 Å². The molecule has 2 nitrogen and oxygen atoms in total. The van der Waals surface area contributed by atoms with Crippen LogP contribution in [0.25, 0.3) is 0 Å². The van der Waals surface area contributed by atoms with E-state index in [0.29, 0.717) is 5.92 Å². The molecule has 0 spiro atoms. The first-order valence-corrected chi connectivity index (χ1v) is 6.36. The van der Waals surface area contributed by atoms with Crippen LogP contribution in [0.3, 0.4) is 0 Å². The molecule has 17 heavy (non-hydrogen) atoms. The molecule has 0 heterocycles. The van der Waals surface area contributed by atoms with Gasteiger partial charge in [0, 0.05) is 26.4 Å². The maximum Gasteiger partial charge on any atom is 0.0737 e. The standard InChI is InChI=1S/C15H22O2/c1-11(2)13-6-4-12(5-7-13)8-15(16)9-14(10-15)17-3/h4-7,11,14,16H,8-10H2,1-3H3. The van der Waals surface area contributed by atoms with Crippen molar-refractivity contribution in [3.8, 4) is 0 Å². The second-order valence-electron chi connectivity index (χ2n) is 5.56. The average molecular weight is 234 g/mol. The van der Waals surface area contributed by atoms with Crippen molar-refractivity contribution in [2.75, 3.05) is 7.11 Å². The van der Waals surface area contributed by atoms with Crippen LogP contribution in [0.4, 0.5) is 0 Å². The van der Waals surface area contributed by atoms with Gasteiger partial charge in [-0.1, -0.05) is 38.1 Å². The lowest BCUT2D eigenvalue weighted by molar-refractivity contribution is -0.126. The summed E-state index contributed by atoms with van der Waals surface area (Å²) in [4.78, 5) is 0. The monoisotopic (exact) mass is 234 g/mol. The summed E-state index contributed by atoms with van der Waals surface area (Å²) < 4.78 is 5.21. The summed E-state index contributed by atoms with van der Waals surface area (Å²) in [6, 6.07) is 8.59. The molecule has 1 N–H and O–H groups in total. The van der Waals surface area contributed by atoms with Crippen molar-refractivity contribution in [3.63, 3.8) is 0 Å². The zero-order valence-corrected chi connectivity index (χ0v) is 10.9. The quantitative estimate of drug-likeness (QED) is 0.868. The van der Waals surface area contributed by atoms with Crippen LogP contribution in [-0.4, -0.2) is 23.9 Å². The van der Waals surface area contributed by atoms with Gasteiger partial charge >= 0.3 is 0 Å². The third-order valence-electron chi connectivity index (χ3n) is 3.73. The molecule has 1 fully saturated rings. The normalized spacial score (nSPS) is 28.2. The fourth-order valence-corrected chi connectivity index (χ4v) is 2.50. The molecular weight excluding hydrogens is 212 g/mol. The van der Waals surface area contributed by atoms with E-state index in [9.17, 15) is 5.11 Å². The Morgan fingerprint density at radius 2 is 1.88 bits per heavy atom. The van der Waals surface area contributed by atoms with Gasteiger partial charge in [-0.25, -0.2) is 0 Å². The molecule has 0 atom stereocenters. The molecule has 0 aliphatic heterocycles. The molecule has 0 amide bonds. The average Bonchev–Trinajstić information content (AvgIpc) is 2.26. The number of benzene rings is 1. The maximum absolute atomic E-state index is 10.3. The van der Waals surface area contributed by atoms with Gasteiger partial charge in [-0.15, -0.1) is 0 Å². The highest BCUT2D eigenvalue weighted by atomic mass is 16.5. The van der Waals surface area contributed by atoms with Crippen LogP contribution in [0.2, 0.25) is 0 Å². The number of hydrogen-bond acceptors (Lipinski definition) is 2. The van der Waals surface area contributed by atoms with E-state index >= 15 is 0 Å². The van der Waals surface area contributed by atoms with Gasteiger partial charge in [-0.2, -0.15) is 0 Å². The Bertz CT molecular complexity index is 361. The predicted octanol–water partition coefficient (Wildman–Crippen LogP) is 2.89. The highest BCUT2D eigenvalue weighted by molar-refractivity contribution is 5.26. The Morgan fingerprint density at radius 3 is 2.35 bits per heavy atom. The third kappa shape index (κ3) is 2.88. The fraction of sp³-hybridized carbons (Fsp3) is 0.600. The molecule has 2 heteroatoms. The van der Waals surface area contributed by atoms with E-state index in [4.69, 9.17) is 4.74 Å². The largest absolute Gasteiger partial charge is 0.389 e. The molecule has 1 aliphatic rings. The van der Waals surface area contributed by atoms with Gasteiger partial charge in [0.2, 0.25) is 0 Å². The third-order valence-corrected chi connectivity index (χ3v) is 3.73. The van der Waals surface area contributed by atoms with Crippen molar-refractivity contribution in [2.24, 2.45) is 0 Å². The summed E-state index contributed by atoms with van der Waals surface area (Å²) in [6.07, 6.45) is 2.51. The number of aliphatic hydroxyl groups is 1. The van der Waals surface area contributed by atoms with Gasteiger partial charge in [0.1, 0.15) is 0 Å². The summed E-state index contributed by atoms with van der Waals surface area (Å²) in [5.41, 5.74) is 2.02. The Labute approximate surface area is 104 Å². The number of ether oxygens (including phenoxy) is 1. The molecule has 94 valence electrons. The number of methoxy groups -OCH3 is 1. The van der Waals surface area contributed by atoms with Crippen LogP contribution < -0.4 is 0 Å². The smallest absolute Gasteiger partial charge is 0.0737 e. The van der Waals surface area contributed by atoms with Gasteiger partial charge in [0.25, 0.3) is 0 Å². The zero-order valence-electron chi connectivity index (χ0n) is 10.9. The van der Waals surface area contributed by atoms with Gasteiger partial charge in [0.05, 0.1) is 11.7 Å². The Kier molecular flexibility index (Phi) is 3.55. The first-order valence-electron chi connectivity index (χ1n) is 6.36. The predicted molar refractivity (Wildman–Crippen MR) is 69.2 cm³/mol. The molecule has 0 unspecified atom stereocenters. The van der Waals surface area contributed by atoms with E-state index < -0.39 is 5.60 Å². The second kappa shape index (κ2) is 4.79. The maximum atomic E-state index is 10.3. The highest BCUT2D eigenvalue weighted by Gasteiger charge is 2.42. The van der Waals surface area contributed by atoms with Gasteiger partial charge < -0.3 is 9.84 Å². The van der Waals surface area contributed by atoms with Crippen LogP contribution in [0.5, 0.6) is 0 Å². The Balaban J connectivity index is 1.96. The number of rotatable bonds is 4. The highest BCUT2D eigenvalue weighted by Crippen LogP contribution is 2.37. The molecule has 1 aromatic rings. The summed E-state index contributed by atoms with van der Waals surface area (Å²) in [7, 11) is 1.71. The molecule has 0 bridgehead atoms. The summed E-state index contributed by atoms with van der Waals surface area (Å²) >= 11 is 0. The van der Waals surface area contributed by atoms with E-state index in [-0.39, 0.29) is 6.10 Å². The van der Waals surface area contributed by atoms with Crippen LogP contribution >= 0.6 is 0 Å². The first-order chi connectivity index (χ1) is 8.02. The molecule has 1 aliphatic carbocycles. The lowest BCUT2D eigenvalue weighted by atomic mass is 9.73. The molecule has 0 radical (unpaired) electrons. The van der Waals surface area contributed by atoms with Crippen molar-refractivity contribution in [2.45, 2.75) is 50.7 Å². The van der Waals surface area contributed by atoms with E-state index in [1.165, 1.54) is 11.1 Å². The van der Waals surface area contributed by atoms with Crippen LogP contribution in [-0.2, 0) is 11.2 Å². The van der Waals surface area contributed by atoms with Crippen LogP contribution in [0, 0.1) is 0 Å². The summed E-state index contributed by atoms with van der Waals surface area (Å²) in [6.45, 7) is 4.38. The summed E-state index contributed by atoms with van der Waals surface area (Å²) in [5, 5.41) is 10.3. The van der Waals surface area contributed by atoms with E-state index in [0.717, 1.165) is 19.3 Å². The van der Waals surface area contributed by atoms with Crippen LogP contribution in [0.1, 0.15) is 43.7 Å². The Hall–Kier alpha value is -0.860. The lowest BCUT2D eigenvalue weighted by Gasteiger charge is -2.42. The van der Waals surface area contributed by atoms with Gasteiger partial charge in [-0.3, -0.25) is 0 Å². The molecule has 0 saturated heterocycles. The van der Waals surface area contributed by atoms with E-state index in [1.807, 2.05) is 0 Å². The zero-order chi connectivity index (χ0) is 12.5. The van der Waals surface area contributed by atoms with Crippen LogP contribution in [0.15, 0.2) is 24.3 Å². The van der Waals surface area contributed by atoms with E-state index in [1.54, 1.807) is 7.11 Å². The molecular formula is C15H22O2. The first kappa shape index (κ1) is 12.6. The lowest BCUT2D eigenvalue weighted by Crippen LogP contribution is -2.49.